The van der Waals surface area contributed by atoms with Gasteiger partial charge >= 0.3 is 0 Å². The molecule has 1 heterocycles. The second kappa shape index (κ2) is 15.8. The van der Waals surface area contributed by atoms with Gasteiger partial charge in [-0.2, -0.15) is 0 Å². The zero-order chi connectivity index (χ0) is 32.4. The van der Waals surface area contributed by atoms with Crippen molar-refractivity contribution in [1.82, 2.24) is 10.9 Å². The van der Waals surface area contributed by atoms with Gasteiger partial charge in [-0.25, -0.2) is 10.4 Å². The lowest BCUT2D eigenvalue weighted by atomic mass is 9.84. The first kappa shape index (κ1) is 33.0. The van der Waals surface area contributed by atoms with Gasteiger partial charge in [0.25, 0.3) is 5.91 Å². The SMILES string of the molecule is COc1ccccc1CNNC(=O)[C@@]1(C/C=C/c2ccccc2)N=C(c2ccc(OCCCO)cc2)O[C@H]1c1ccc(Cl)cc1Cl. The Labute approximate surface area is 278 Å². The quantitative estimate of drug-likeness (QED) is 0.100. The van der Waals surface area contributed by atoms with Crippen molar-refractivity contribution in [3.63, 3.8) is 0 Å². The van der Waals surface area contributed by atoms with Gasteiger partial charge in [-0.1, -0.05) is 90.0 Å². The maximum absolute atomic E-state index is 14.4. The summed E-state index contributed by atoms with van der Waals surface area (Å²) in [7, 11) is 1.60. The van der Waals surface area contributed by atoms with Crippen molar-refractivity contribution in [3.05, 3.63) is 135 Å². The average Bonchev–Trinajstić information content (AvgIpc) is 3.46. The molecule has 0 radical (unpaired) electrons. The van der Waals surface area contributed by atoms with Gasteiger partial charge in [0.05, 0.1) is 13.7 Å². The van der Waals surface area contributed by atoms with Crippen LogP contribution in [0.3, 0.4) is 0 Å². The van der Waals surface area contributed by atoms with E-state index >= 15 is 0 Å². The number of halogens is 2. The number of nitrogens with one attached hydrogen (secondary N) is 2. The zero-order valence-electron chi connectivity index (χ0n) is 25.3. The number of nitrogens with zero attached hydrogens (tertiary/aromatic N) is 1. The summed E-state index contributed by atoms with van der Waals surface area (Å²) >= 11 is 13.0. The Hall–Kier alpha value is -4.34. The summed E-state index contributed by atoms with van der Waals surface area (Å²) in [6.07, 6.45) is 3.70. The lowest BCUT2D eigenvalue weighted by molar-refractivity contribution is -0.129. The van der Waals surface area contributed by atoms with Crippen LogP contribution in [0.15, 0.2) is 108 Å². The van der Waals surface area contributed by atoms with Crippen LogP contribution in [0, 0.1) is 0 Å². The van der Waals surface area contributed by atoms with Crippen molar-refractivity contribution in [2.75, 3.05) is 20.3 Å². The van der Waals surface area contributed by atoms with Gasteiger partial charge in [-0.05, 0) is 48.0 Å². The molecule has 238 valence electrons. The van der Waals surface area contributed by atoms with Crippen LogP contribution in [-0.4, -0.2) is 42.8 Å². The molecule has 4 aromatic carbocycles. The van der Waals surface area contributed by atoms with E-state index in [0.717, 1.165) is 11.1 Å². The Bertz CT molecular complexity index is 1680. The molecule has 1 aliphatic heterocycles. The maximum Gasteiger partial charge on any atom is 0.266 e. The van der Waals surface area contributed by atoms with Crippen molar-refractivity contribution in [1.29, 1.82) is 0 Å². The maximum atomic E-state index is 14.4. The number of aliphatic hydroxyl groups is 1. The number of hydrazine groups is 1. The summed E-state index contributed by atoms with van der Waals surface area (Å²) < 4.78 is 17.7. The molecule has 0 aromatic heterocycles. The van der Waals surface area contributed by atoms with E-state index < -0.39 is 17.6 Å². The van der Waals surface area contributed by atoms with Gasteiger partial charge in [-0.15, -0.1) is 0 Å². The predicted molar refractivity (Wildman–Crippen MR) is 181 cm³/mol. The average molecular weight is 661 g/mol. The minimum absolute atomic E-state index is 0.0496. The molecule has 1 amide bonds. The third kappa shape index (κ3) is 7.89. The van der Waals surface area contributed by atoms with Crippen molar-refractivity contribution < 1.29 is 24.1 Å². The zero-order valence-corrected chi connectivity index (χ0v) is 26.8. The number of carbonyl (C=O) groups is 1. The van der Waals surface area contributed by atoms with E-state index in [0.29, 0.717) is 52.2 Å². The molecule has 1 aliphatic rings. The third-order valence-electron chi connectivity index (χ3n) is 7.49. The summed E-state index contributed by atoms with van der Waals surface area (Å²) in [6.45, 7) is 0.755. The number of aliphatic imine (C=N–C) groups is 1. The molecule has 0 saturated carbocycles. The lowest BCUT2D eigenvalue weighted by Crippen LogP contribution is -2.52. The fourth-order valence-corrected chi connectivity index (χ4v) is 5.63. The van der Waals surface area contributed by atoms with Crippen molar-refractivity contribution in [2.45, 2.75) is 31.0 Å². The highest BCUT2D eigenvalue weighted by Crippen LogP contribution is 2.45. The first-order chi connectivity index (χ1) is 22.4. The fourth-order valence-electron chi connectivity index (χ4n) is 5.12. The van der Waals surface area contributed by atoms with E-state index in [4.69, 9.17) is 47.5 Å². The highest BCUT2D eigenvalue weighted by atomic mass is 35.5. The Kier molecular flexibility index (Phi) is 11.3. The first-order valence-corrected chi connectivity index (χ1v) is 15.6. The Balaban J connectivity index is 1.51. The van der Waals surface area contributed by atoms with Gasteiger partial charge in [0.2, 0.25) is 5.90 Å². The van der Waals surface area contributed by atoms with Gasteiger partial charge in [0.15, 0.2) is 11.6 Å². The summed E-state index contributed by atoms with van der Waals surface area (Å²) in [4.78, 5) is 19.4. The van der Waals surface area contributed by atoms with Crippen LogP contribution in [-0.2, 0) is 16.1 Å². The van der Waals surface area contributed by atoms with E-state index in [1.54, 1.807) is 37.4 Å². The molecule has 10 heteroatoms. The number of hydrogen-bond acceptors (Lipinski definition) is 7. The molecule has 0 spiro atoms. The molecule has 0 bridgehead atoms. The van der Waals surface area contributed by atoms with Crippen LogP contribution < -0.4 is 20.3 Å². The second-order valence-corrected chi connectivity index (χ2v) is 11.4. The molecule has 0 unspecified atom stereocenters. The first-order valence-electron chi connectivity index (χ1n) is 14.9. The third-order valence-corrected chi connectivity index (χ3v) is 8.05. The van der Waals surface area contributed by atoms with Crippen molar-refractivity contribution in [3.8, 4) is 11.5 Å². The number of rotatable bonds is 14. The molecular weight excluding hydrogens is 625 g/mol. The van der Waals surface area contributed by atoms with Crippen LogP contribution in [0.25, 0.3) is 6.08 Å². The Morgan fingerprint density at radius 2 is 1.78 bits per heavy atom. The smallest absolute Gasteiger partial charge is 0.266 e. The molecule has 5 rings (SSSR count). The number of hydrogen-bond donors (Lipinski definition) is 3. The molecule has 3 N–H and O–H groups in total. The van der Waals surface area contributed by atoms with Crippen LogP contribution in [0.1, 0.15) is 41.2 Å². The summed E-state index contributed by atoms with van der Waals surface area (Å²) in [5.74, 6) is 1.22. The lowest BCUT2D eigenvalue weighted by Gasteiger charge is -2.30. The van der Waals surface area contributed by atoms with E-state index in [-0.39, 0.29) is 18.9 Å². The minimum Gasteiger partial charge on any atom is -0.496 e. The van der Waals surface area contributed by atoms with Gasteiger partial charge in [-0.3, -0.25) is 10.2 Å². The molecule has 0 saturated heterocycles. The highest BCUT2D eigenvalue weighted by molar-refractivity contribution is 6.35. The second-order valence-electron chi connectivity index (χ2n) is 10.6. The summed E-state index contributed by atoms with van der Waals surface area (Å²) in [5, 5.41) is 9.88. The minimum atomic E-state index is -1.46. The number of amides is 1. The van der Waals surface area contributed by atoms with E-state index in [2.05, 4.69) is 10.9 Å². The Morgan fingerprint density at radius 3 is 2.52 bits per heavy atom. The van der Waals surface area contributed by atoms with Crippen molar-refractivity contribution in [2.24, 2.45) is 4.99 Å². The molecule has 0 aliphatic carbocycles. The molecular formula is C36H35Cl2N3O5. The molecule has 2 atom stereocenters. The van der Waals surface area contributed by atoms with Crippen LogP contribution in [0.2, 0.25) is 10.0 Å². The largest absolute Gasteiger partial charge is 0.496 e. The summed E-state index contributed by atoms with van der Waals surface area (Å²) in [5.41, 5.74) is 7.56. The molecule has 46 heavy (non-hydrogen) atoms. The van der Waals surface area contributed by atoms with Crippen molar-refractivity contribution >= 4 is 41.1 Å². The molecule has 4 aromatic rings. The van der Waals surface area contributed by atoms with Gasteiger partial charge in [0, 0.05) is 52.7 Å². The predicted octanol–water partition coefficient (Wildman–Crippen LogP) is 6.94. The standard InChI is InChI=1S/C36H35Cl2N3O5/c1-44-32-13-6-5-12-27(32)24-39-41-35(43)36(20-7-11-25-9-3-2-4-10-25)33(30-19-16-28(37)23-31(30)38)46-34(40-36)26-14-17-29(18-15-26)45-22-8-21-42/h2-7,9-19,23,33,39,42H,8,20-22,24H2,1H3,(H,41,43)/b11-7+/t33-,36-/m0/s1. The fraction of sp³-hybridized carbons (Fsp3) is 0.222. The number of benzene rings is 4. The number of para-hydroxylation sites is 1. The van der Waals surface area contributed by atoms with Crippen LogP contribution in [0.4, 0.5) is 0 Å². The van der Waals surface area contributed by atoms with Gasteiger partial charge in [0.1, 0.15) is 11.5 Å². The monoisotopic (exact) mass is 659 g/mol. The Morgan fingerprint density at radius 1 is 1.02 bits per heavy atom. The topological polar surface area (TPSA) is 101 Å². The van der Waals surface area contributed by atoms with Crippen LogP contribution in [0.5, 0.6) is 11.5 Å². The molecule has 8 nitrogen and oxygen atoms in total. The number of carbonyl (C=O) groups excluding carboxylic acids is 1. The normalized spacial score (nSPS) is 17.4. The highest BCUT2D eigenvalue weighted by Gasteiger charge is 2.53. The van der Waals surface area contributed by atoms with E-state index in [9.17, 15) is 4.79 Å². The number of aliphatic hydroxyl groups excluding tert-OH is 1. The van der Waals surface area contributed by atoms with E-state index in [1.165, 1.54) is 0 Å². The van der Waals surface area contributed by atoms with Crippen LogP contribution >= 0.6 is 23.2 Å². The van der Waals surface area contributed by atoms with Gasteiger partial charge < -0.3 is 19.3 Å². The molecule has 0 fully saturated rings. The van der Waals surface area contributed by atoms with E-state index in [1.807, 2.05) is 78.9 Å². The number of ether oxygens (including phenoxy) is 3. The summed E-state index contributed by atoms with van der Waals surface area (Å²) in [6, 6.07) is 29.7. The number of methoxy groups -OCH3 is 1.